The fourth-order valence-electron chi connectivity index (χ4n) is 10.7. The molecule has 0 saturated carbocycles. The Morgan fingerprint density at radius 2 is 1.31 bits per heavy atom. The topological polar surface area (TPSA) is 26.8 Å². The van der Waals surface area contributed by atoms with Crippen LogP contribution in [0.2, 0.25) is 0 Å². The summed E-state index contributed by atoms with van der Waals surface area (Å²) < 4.78 is 0. The summed E-state index contributed by atoms with van der Waals surface area (Å²) in [6, 6.07) is 26.0. The van der Waals surface area contributed by atoms with Gasteiger partial charge in [-0.2, -0.15) is 0 Å². The van der Waals surface area contributed by atoms with Crippen LogP contribution in [0.3, 0.4) is 0 Å². The lowest BCUT2D eigenvalue weighted by atomic mass is 9.76. The Kier molecular flexibility index (Phi) is 15.8. The molecular formula is C54H81N3O. The van der Waals surface area contributed by atoms with E-state index in [9.17, 15) is 4.79 Å². The first-order valence-electron chi connectivity index (χ1n) is 23.8. The van der Waals surface area contributed by atoms with Gasteiger partial charge in [0.2, 0.25) is 0 Å². The molecule has 4 heteroatoms. The van der Waals surface area contributed by atoms with Crippen LogP contribution in [0.15, 0.2) is 66.7 Å². The van der Waals surface area contributed by atoms with Gasteiger partial charge in [0.15, 0.2) is 0 Å². The number of hydrogen-bond acceptors (Lipinski definition) is 3. The van der Waals surface area contributed by atoms with Crippen molar-refractivity contribution in [2.24, 2.45) is 35.5 Å². The van der Waals surface area contributed by atoms with E-state index in [2.05, 4.69) is 145 Å². The summed E-state index contributed by atoms with van der Waals surface area (Å²) in [5.74, 6) is 5.97. The average molecular weight is 788 g/mol. The van der Waals surface area contributed by atoms with Crippen molar-refractivity contribution >= 4 is 5.91 Å². The second-order valence-electron chi connectivity index (χ2n) is 20.7. The molecular weight excluding hydrogens is 707 g/mol. The van der Waals surface area contributed by atoms with Crippen molar-refractivity contribution in [1.29, 1.82) is 0 Å². The maximum absolute atomic E-state index is 13.8. The highest BCUT2D eigenvalue weighted by Crippen LogP contribution is 2.37. The molecule has 0 aromatic heterocycles. The lowest BCUT2D eigenvalue weighted by Gasteiger charge is -2.44. The number of amides is 1. The molecule has 1 amide bonds. The van der Waals surface area contributed by atoms with Gasteiger partial charge < -0.3 is 4.90 Å². The summed E-state index contributed by atoms with van der Waals surface area (Å²) in [7, 11) is 0. The van der Waals surface area contributed by atoms with Crippen molar-refractivity contribution in [1.82, 2.24) is 14.7 Å². The van der Waals surface area contributed by atoms with Gasteiger partial charge in [-0.05, 0) is 170 Å². The molecule has 4 nitrogen and oxygen atoms in total. The molecule has 58 heavy (non-hydrogen) atoms. The van der Waals surface area contributed by atoms with E-state index in [1.807, 2.05) is 6.07 Å². The average Bonchev–Trinajstić information content (AvgIpc) is 3.22. The molecule has 3 aromatic rings. The summed E-state index contributed by atoms with van der Waals surface area (Å²) in [5, 5.41) is 0. The molecule has 0 N–H and O–H groups in total. The molecule has 3 heterocycles. The van der Waals surface area contributed by atoms with Gasteiger partial charge in [-0.1, -0.05) is 124 Å². The van der Waals surface area contributed by atoms with Crippen molar-refractivity contribution in [3.63, 3.8) is 0 Å². The van der Waals surface area contributed by atoms with Crippen LogP contribution in [0.25, 0.3) is 0 Å². The first-order valence-corrected chi connectivity index (χ1v) is 23.8. The van der Waals surface area contributed by atoms with Crippen LogP contribution >= 0.6 is 0 Å². The highest BCUT2D eigenvalue weighted by molar-refractivity contribution is 5.94. The SMILES string of the molecule is CC(C)c1cccc(C(=O)N2CCCC(C(C)CC3CC(C(C)C)CCN3Cc3cccc(C(C)Cc4cc(C(C)C)ccc4CN4CCC(C(C)C)CC4)c3)C2)c1. The van der Waals surface area contributed by atoms with E-state index in [1.165, 1.54) is 86.0 Å². The first kappa shape index (κ1) is 44.6. The summed E-state index contributed by atoms with van der Waals surface area (Å²) in [5.41, 5.74) is 9.59. The van der Waals surface area contributed by atoms with Gasteiger partial charge >= 0.3 is 0 Å². The van der Waals surface area contributed by atoms with Crippen molar-refractivity contribution in [2.45, 2.75) is 157 Å². The molecule has 0 bridgehead atoms. The summed E-state index contributed by atoms with van der Waals surface area (Å²) >= 11 is 0. The Labute approximate surface area is 355 Å². The Morgan fingerprint density at radius 3 is 2.02 bits per heavy atom. The van der Waals surface area contributed by atoms with Crippen LogP contribution in [-0.2, 0) is 19.5 Å². The normalized spacial score (nSPS) is 22.7. The predicted molar refractivity (Wildman–Crippen MR) is 247 cm³/mol. The summed E-state index contributed by atoms with van der Waals surface area (Å²) in [6.45, 7) is 31.2. The van der Waals surface area contributed by atoms with Crippen molar-refractivity contribution in [3.05, 3.63) is 106 Å². The third-order valence-electron chi connectivity index (χ3n) is 15.1. The largest absolute Gasteiger partial charge is 0.338 e. The number of rotatable bonds is 15. The molecule has 3 aromatic carbocycles. The molecule has 3 saturated heterocycles. The fraction of sp³-hybridized carbons (Fsp3) is 0.648. The molecule has 318 valence electrons. The number of nitrogens with zero attached hydrogens (tertiary/aromatic N) is 3. The Bertz CT molecular complexity index is 1750. The molecule has 3 fully saturated rings. The van der Waals surface area contributed by atoms with E-state index in [0.29, 0.717) is 35.6 Å². The van der Waals surface area contributed by atoms with Crippen LogP contribution in [-0.4, -0.2) is 59.4 Å². The summed E-state index contributed by atoms with van der Waals surface area (Å²) in [6.07, 6.45) is 9.91. The second kappa shape index (κ2) is 20.5. The third-order valence-corrected chi connectivity index (χ3v) is 15.1. The molecule has 6 rings (SSSR count). The minimum Gasteiger partial charge on any atom is -0.338 e. The first-order chi connectivity index (χ1) is 27.7. The van der Waals surface area contributed by atoms with E-state index in [-0.39, 0.29) is 5.91 Å². The maximum Gasteiger partial charge on any atom is 0.253 e. The predicted octanol–water partition coefficient (Wildman–Crippen LogP) is 13.0. The lowest BCUT2D eigenvalue weighted by molar-refractivity contribution is 0.0478. The van der Waals surface area contributed by atoms with E-state index >= 15 is 0 Å². The third kappa shape index (κ3) is 11.7. The number of carbonyl (C=O) groups is 1. The molecule has 3 aliphatic heterocycles. The number of hydrogen-bond donors (Lipinski definition) is 0. The number of likely N-dealkylation sites (tertiary alicyclic amines) is 3. The Morgan fingerprint density at radius 1 is 0.638 bits per heavy atom. The fourth-order valence-corrected chi connectivity index (χ4v) is 10.7. The van der Waals surface area contributed by atoms with Gasteiger partial charge in [0.25, 0.3) is 5.91 Å². The van der Waals surface area contributed by atoms with Gasteiger partial charge in [-0.25, -0.2) is 0 Å². The zero-order valence-electron chi connectivity index (χ0n) is 38.5. The van der Waals surface area contributed by atoms with Crippen LogP contribution in [0.4, 0.5) is 0 Å². The Hall–Kier alpha value is -2.95. The van der Waals surface area contributed by atoms with Crippen molar-refractivity contribution in [2.75, 3.05) is 32.7 Å². The zero-order chi connectivity index (χ0) is 41.5. The van der Waals surface area contributed by atoms with Crippen molar-refractivity contribution in [3.8, 4) is 0 Å². The van der Waals surface area contributed by atoms with Crippen molar-refractivity contribution < 1.29 is 4.79 Å². The van der Waals surface area contributed by atoms with Gasteiger partial charge in [0.1, 0.15) is 0 Å². The molecule has 5 atom stereocenters. The quantitative estimate of drug-likeness (QED) is 0.153. The van der Waals surface area contributed by atoms with Crippen LogP contribution < -0.4 is 0 Å². The summed E-state index contributed by atoms with van der Waals surface area (Å²) in [4.78, 5) is 21.5. The van der Waals surface area contributed by atoms with Crippen LogP contribution in [0.5, 0.6) is 0 Å². The van der Waals surface area contributed by atoms with E-state index in [1.54, 1.807) is 5.56 Å². The molecule has 0 aliphatic carbocycles. The van der Waals surface area contributed by atoms with Crippen LogP contribution in [0, 0.1) is 35.5 Å². The highest BCUT2D eigenvalue weighted by Gasteiger charge is 2.35. The minimum atomic E-state index is 0.221. The maximum atomic E-state index is 13.8. The monoisotopic (exact) mass is 788 g/mol. The molecule has 0 spiro atoms. The van der Waals surface area contributed by atoms with E-state index in [4.69, 9.17) is 0 Å². The van der Waals surface area contributed by atoms with Gasteiger partial charge in [0.05, 0.1) is 0 Å². The number of carbonyl (C=O) groups excluding carboxylic acids is 1. The molecule has 5 unspecified atom stereocenters. The second-order valence-corrected chi connectivity index (χ2v) is 20.7. The van der Waals surface area contributed by atoms with E-state index < -0.39 is 0 Å². The Balaban J connectivity index is 1.12. The molecule has 0 radical (unpaired) electrons. The van der Waals surface area contributed by atoms with E-state index in [0.717, 1.165) is 68.3 Å². The highest BCUT2D eigenvalue weighted by atomic mass is 16.2. The molecule has 3 aliphatic rings. The smallest absolute Gasteiger partial charge is 0.253 e. The van der Waals surface area contributed by atoms with Gasteiger partial charge in [-0.15, -0.1) is 0 Å². The lowest BCUT2D eigenvalue weighted by Crippen LogP contribution is -2.46. The zero-order valence-corrected chi connectivity index (χ0v) is 38.5. The number of piperidine rings is 3. The number of benzene rings is 3. The van der Waals surface area contributed by atoms with Gasteiger partial charge in [-0.3, -0.25) is 14.6 Å². The minimum absolute atomic E-state index is 0.221. The standard InChI is InChI=1S/C54H81N3O/c1-37(2)44-21-25-55(26-22-44)35-51-20-19-46(39(5)6)32-52(51)28-41(9)48-16-11-14-43(30-48)34-56-27-23-47(40(7)8)33-53(56)29-42(10)50-18-13-24-57(36-50)54(58)49-17-12-15-45(31-49)38(3)4/h11-12,14-17,19-20,30-32,37-42,44,47,50,53H,13,18,21-29,33-36H2,1-10H3. The van der Waals surface area contributed by atoms with Gasteiger partial charge in [0, 0.05) is 37.8 Å². The van der Waals surface area contributed by atoms with Crippen LogP contribution in [0.1, 0.15) is 176 Å².